The standard InChI is InChI=1S/C11H16N2O5S/c1-7(2)19-6-8(14)12-5-11(17)18-13-9(15)3-4-10(13)16/h7H,3-6H2,1-2H3,(H,12,14)/i3D. The van der Waals surface area contributed by atoms with Crippen molar-refractivity contribution in [1.82, 2.24) is 10.4 Å². The molecule has 106 valence electrons. The molecule has 1 heterocycles. The second-order valence-electron chi connectivity index (χ2n) is 4.03. The van der Waals surface area contributed by atoms with Gasteiger partial charge in [-0.2, -0.15) is 0 Å². The van der Waals surface area contributed by atoms with Crippen LogP contribution in [0.3, 0.4) is 0 Å². The number of nitrogens with one attached hydrogen (secondary N) is 1. The minimum atomic E-state index is -1.23. The van der Waals surface area contributed by atoms with E-state index in [0.29, 0.717) is 5.25 Å². The van der Waals surface area contributed by atoms with Gasteiger partial charge in [0.15, 0.2) is 0 Å². The molecular weight excluding hydrogens is 272 g/mol. The summed E-state index contributed by atoms with van der Waals surface area (Å²) in [5.74, 6) is -2.65. The predicted octanol–water partition coefficient (Wildman–Crippen LogP) is -0.149. The number of hydrogen-bond donors (Lipinski definition) is 1. The van der Waals surface area contributed by atoms with E-state index in [2.05, 4.69) is 10.2 Å². The zero-order chi connectivity index (χ0) is 15.3. The number of carbonyl (C=O) groups excluding carboxylic acids is 4. The molecule has 1 saturated heterocycles. The van der Waals surface area contributed by atoms with Crippen LogP contribution in [0, 0.1) is 0 Å². The van der Waals surface area contributed by atoms with E-state index in [0.717, 1.165) is 0 Å². The molecule has 1 fully saturated rings. The molecule has 0 aromatic carbocycles. The maximum absolute atomic E-state index is 11.4. The van der Waals surface area contributed by atoms with Crippen LogP contribution >= 0.6 is 11.8 Å². The molecule has 1 unspecified atom stereocenters. The third-order valence-corrected chi connectivity index (χ3v) is 3.14. The number of hydrogen-bond acceptors (Lipinski definition) is 6. The zero-order valence-electron chi connectivity index (χ0n) is 11.7. The molecule has 0 bridgehead atoms. The van der Waals surface area contributed by atoms with E-state index in [1.807, 2.05) is 13.8 Å². The smallest absolute Gasteiger partial charge is 0.344 e. The number of nitrogens with zero attached hydrogens (tertiary/aromatic N) is 1. The van der Waals surface area contributed by atoms with E-state index < -0.39 is 30.7 Å². The van der Waals surface area contributed by atoms with Crippen molar-refractivity contribution >= 4 is 35.5 Å². The van der Waals surface area contributed by atoms with Crippen LogP contribution in [0.4, 0.5) is 0 Å². The summed E-state index contributed by atoms with van der Waals surface area (Å²) in [7, 11) is 0. The van der Waals surface area contributed by atoms with E-state index >= 15 is 0 Å². The first-order valence-electron chi connectivity index (χ1n) is 6.27. The largest absolute Gasteiger partial charge is 0.352 e. The molecule has 7 nitrogen and oxygen atoms in total. The fourth-order valence-electron chi connectivity index (χ4n) is 1.16. The van der Waals surface area contributed by atoms with Gasteiger partial charge >= 0.3 is 5.97 Å². The van der Waals surface area contributed by atoms with Gasteiger partial charge in [0.05, 0.1) is 5.75 Å². The number of imide groups is 1. The minimum absolute atomic E-state index is 0.210. The number of thioether (sulfide) groups is 1. The molecule has 3 amide bonds. The van der Waals surface area contributed by atoms with Crippen molar-refractivity contribution < 1.29 is 25.4 Å². The second-order valence-corrected chi connectivity index (χ2v) is 5.60. The van der Waals surface area contributed by atoms with Gasteiger partial charge in [-0.1, -0.05) is 13.8 Å². The van der Waals surface area contributed by atoms with Crippen molar-refractivity contribution in [3.05, 3.63) is 0 Å². The lowest BCUT2D eigenvalue weighted by Gasteiger charge is -2.12. The lowest BCUT2D eigenvalue weighted by molar-refractivity contribution is -0.196. The van der Waals surface area contributed by atoms with Crippen molar-refractivity contribution in [2.45, 2.75) is 31.9 Å². The van der Waals surface area contributed by atoms with Crippen LogP contribution in [0.1, 0.15) is 28.0 Å². The highest BCUT2D eigenvalue weighted by atomic mass is 32.2. The maximum atomic E-state index is 11.4. The van der Waals surface area contributed by atoms with Crippen LogP contribution in [0.2, 0.25) is 0 Å². The van der Waals surface area contributed by atoms with Crippen LogP contribution in [0.25, 0.3) is 0 Å². The maximum Gasteiger partial charge on any atom is 0.352 e. The molecule has 1 aliphatic rings. The summed E-state index contributed by atoms with van der Waals surface area (Å²) in [6.45, 7) is 3.44. The third kappa shape index (κ3) is 5.29. The molecule has 0 spiro atoms. The summed E-state index contributed by atoms with van der Waals surface area (Å²) in [6, 6.07) is 0. The highest BCUT2D eigenvalue weighted by Crippen LogP contribution is 2.12. The Bertz CT molecular complexity index is 429. The Morgan fingerprint density at radius 1 is 1.47 bits per heavy atom. The van der Waals surface area contributed by atoms with Gasteiger partial charge in [0.2, 0.25) is 5.91 Å². The van der Waals surface area contributed by atoms with E-state index in [1.54, 1.807) is 0 Å². The summed E-state index contributed by atoms with van der Waals surface area (Å²) in [4.78, 5) is 49.9. The Morgan fingerprint density at radius 2 is 2.16 bits per heavy atom. The van der Waals surface area contributed by atoms with Crippen LogP contribution in [-0.2, 0) is 24.0 Å². The van der Waals surface area contributed by atoms with Crippen LogP contribution in [0.5, 0.6) is 0 Å². The molecule has 1 rings (SSSR count). The molecule has 1 N–H and O–H groups in total. The Balaban J connectivity index is 2.32. The Labute approximate surface area is 116 Å². The second kappa shape index (κ2) is 7.13. The van der Waals surface area contributed by atoms with Crippen LogP contribution < -0.4 is 5.32 Å². The first-order chi connectivity index (χ1) is 9.31. The molecule has 8 heteroatoms. The van der Waals surface area contributed by atoms with Gasteiger partial charge in [-0.05, 0) is 5.25 Å². The summed E-state index contributed by atoms with van der Waals surface area (Å²) in [5.41, 5.74) is 0. The number of rotatable bonds is 6. The highest BCUT2D eigenvalue weighted by molar-refractivity contribution is 8.00. The van der Waals surface area contributed by atoms with Gasteiger partial charge in [0.25, 0.3) is 11.8 Å². The van der Waals surface area contributed by atoms with Crippen molar-refractivity contribution in [2.24, 2.45) is 0 Å². The Kier molecular flexibility index (Phi) is 5.20. The fourth-order valence-corrected chi connectivity index (χ4v) is 1.74. The van der Waals surface area contributed by atoms with Gasteiger partial charge in [0, 0.05) is 14.2 Å². The Hall–Kier alpha value is -1.57. The number of amides is 3. The van der Waals surface area contributed by atoms with Crippen LogP contribution in [0.15, 0.2) is 0 Å². The normalized spacial score (nSPS) is 19.6. The molecule has 1 atom stereocenters. The van der Waals surface area contributed by atoms with Crippen molar-refractivity contribution in [3.8, 4) is 0 Å². The van der Waals surface area contributed by atoms with Crippen molar-refractivity contribution in [3.63, 3.8) is 0 Å². The van der Waals surface area contributed by atoms with Gasteiger partial charge in [-0.15, -0.1) is 16.8 Å². The van der Waals surface area contributed by atoms with Crippen LogP contribution in [-0.4, -0.2) is 46.3 Å². The van der Waals surface area contributed by atoms with Crippen molar-refractivity contribution in [1.29, 1.82) is 0 Å². The lowest BCUT2D eigenvalue weighted by Crippen LogP contribution is -2.38. The molecule has 0 aliphatic carbocycles. The van der Waals surface area contributed by atoms with Gasteiger partial charge in [-0.3, -0.25) is 14.4 Å². The summed E-state index contributed by atoms with van der Waals surface area (Å²) in [5, 5.41) is 2.90. The predicted molar refractivity (Wildman–Crippen MR) is 67.8 cm³/mol. The van der Waals surface area contributed by atoms with Gasteiger partial charge in [-0.25, -0.2) is 4.79 Å². The number of hydroxylamine groups is 2. The molecule has 0 saturated carbocycles. The molecule has 19 heavy (non-hydrogen) atoms. The fraction of sp³-hybridized carbons (Fsp3) is 0.636. The third-order valence-electron chi connectivity index (χ3n) is 2.05. The summed E-state index contributed by atoms with van der Waals surface area (Å²) in [6.07, 6.45) is -1.53. The van der Waals surface area contributed by atoms with Gasteiger partial charge in [0.1, 0.15) is 6.54 Å². The van der Waals surface area contributed by atoms with Crippen molar-refractivity contribution in [2.75, 3.05) is 12.3 Å². The van der Waals surface area contributed by atoms with E-state index in [1.165, 1.54) is 11.8 Å². The molecular formula is C11H16N2O5S. The van der Waals surface area contributed by atoms with E-state index in [9.17, 15) is 19.2 Å². The SMILES string of the molecule is [2H]C1CC(=O)N(OC(=O)CNC(=O)CSC(C)C)C1=O. The molecule has 0 aromatic rings. The first kappa shape index (κ1) is 13.9. The summed E-state index contributed by atoms with van der Waals surface area (Å²) >= 11 is 1.42. The molecule has 0 radical (unpaired) electrons. The first-order valence-corrected chi connectivity index (χ1v) is 6.74. The average Bonchev–Trinajstić information content (AvgIpc) is 2.60. The highest BCUT2D eigenvalue weighted by Gasteiger charge is 2.32. The zero-order valence-corrected chi connectivity index (χ0v) is 11.5. The monoisotopic (exact) mass is 289 g/mol. The molecule has 0 aromatic heterocycles. The van der Waals surface area contributed by atoms with E-state index in [-0.39, 0.29) is 23.1 Å². The average molecular weight is 289 g/mol. The number of carbonyl (C=O) groups is 4. The topological polar surface area (TPSA) is 92.8 Å². The summed E-state index contributed by atoms with van der Waals surface area (Å²) < 4.78 is 7.23. The minimum Gasteiger partial charge on any atom is -0.344 e. The quantitative estimate of drug-likeness (QED) is 0.684. The van der Waals surface area contributed by atoms with E-state index in [4.69, 9.17) is 1.37 Å². The molecule has 1 aliphatic heterocycles. The Morgan fingerprint density at radius 3 is 2.68 bits per heavy atom. The lowest BCUT2D eigenvalue weighted by atomic mass is 10.4. The van der Waals surface area contributed by atoms with Gasteiger partial charge < -0.3 is 10.2 Å².